The molecule has 0 heterocycles. The number of carboxylic acids is 1. The maximum Gasteiger partial charge on any atom is 0.402 e. The third-order valence-corrected chi connectivity index (χ3v) is 1.24. The van der Waals surface area contributed by atoms with Crippen molar-refractivity contribution in [1.29, 1.82) is 0 Å². The Balaban J connectivity index is 4.22. The summed E-state index contributed by atoms with van der Waals surface area (Å²) in [4.78, 5) is 9.81. The van der Waals surface area contributed by atoms with Gasteiger partial charge in [0.15, 0.2) is 5.92 Å². The van der Waals surface area contributed by atoms with E-state index in [9.17, 15) is 18.0 Å². The van der Waals surface area contributed by atoms with Crippen LogP contribution in [0.4, 0.5) is 13.2 Å². The van der Waals surface area contributed by atoms with Crippen LogP contribution in [-0.2, 0) is 4.79 Å². The molecular weight excluding hydrogens is 169 g/mol. The first-order valence-corrected chi connectivity index (χ1v) is 2.93. The average Bonchev–Trinajstić information content (AvgIpc) is 1.60. The Morgan fingerprint density at radius 3 is 2.00 bits per heavy atom. The van der Waals surface area contributed by atoms with Crippen LogP contribution in [0.25, 0.3) is 0 Å². The molecule has 0 rings (SSSR count). The monoisotopic (exact) mass is 174 g/mol. The Kier molecular flexibility index (Phi) is 3.01. The normalized spacial score (nSPS) is 14.8. The average molecular weight is 174 g/mol. The standard InChI is InChI=1S/C4H5F3O2S/c5-4(6,7)2(1-10)3(8)9/h2,10H,1H2,(H,8,9). The first-order valence-electron chi connectivity index (χ1n) is 2.30. The van der Waals surface area contributed by atoms with Crippen molar-refractivity contribution in [2.24, 2.45) is 5.92 Å². The number of alkyl halides is 3. The largest absolute Gasteiger partial charge is 0.481 e. The van der Waals surface area contributed by atoms with Crippen molar-refractivity contribution in [3.8, 4) is 0 Å². The zero-order valence-electron chi connectivity index (χ0n) is 4.72. The highest BCUT2D eigenvalue weighted by Crippen LogP contribution is 2.26. The van der Waals surface area contributed by atoms with Gasteiger partial charge >= 0.3 is 12.1 Å². The smallest absolute Gasteiger partial charge is 0.402 e. The Morgan fingerprint density at radius 1 is 1.60 bits per heavy atom. The number of thiol groups is 1. The van der Waals surface area contributed by atoms with Gasteiger partial charge in [0, 0.05) is 5.75 Å². The van der Waals surface area contributed by atoms with Crippen LogP contribution in [-0.4, -0.2) is 23.0 Å². The van der Waals surface area contributed by atoms with Gasteiger partial charge in [0.25, 0.3) is 0 Å². The van der Waals surface area contributed by atoms with E-state index in [0.29, 0.717) is 0 Å². The van der Waals surface area contributed by atoms with Crippen molar-refractivity contribution in [3.05, 3.63) is 0 Å². The zero-order chi connectivity index (χ0) is 8.36. The van der Waals surface area contributed by atoms with Gasteiger partial charge in [0.1, 0.15) is 0 Å². The molecule has 0 saturated carbocycles. The molecule has 60 valence electrons. The molecule has 0 aromatic rings. The molecule has 0 fully saturated rings. The summed E-state index contributed by atoms with van der Waals surface area (Å²) in [5, 5.41) is 7.94. The number of hydrogen-bond acceptors (Lipinski definition) is 2. The summed E-state index contributed by atoms with van der Waals surface area (Å²) in [7, 11) is 0. The molecule has 0 bridgehead atoms. The fraction of sp³-hybridized carbons (Fsp3) is 0.750. The van der Waals surface area contributed by atoms with Crippen LogP contribution in [0, 0.1) is 5.92 Å². The topological polar surface area (TPSA) is 37.3 Å². The van der Waals surface area contributed by atoms with Crippen molar-refractivity contribution in [1.82, 2.24) is 0 Å². The van der Waals surface area contributed by atoms with Crippen LogP contribution in [0.2, 0.25) is 0 Å². The van der Waals surface area contributed by atoms with Gasteiger partial charge in [-0.1, -0.05) is 0 Å². The summed E-state index contributed by atoms with van der Waals surface area (Å²) in [6.45, 7) is 0. The van der Waals surface area contributed by atoms with E-state index >= 15 is 0 Å². The molecule has 0 radical (unpaired) electrons. The van der Waals surface area contributed by atoms with E-state index in [0.717, 1.165) is 0 Å². The predicted molar refractivity (Wildman–Crippen MR) is 31.0 cm³/mol. The van der Waals surface area contributed by atoms with Gasteiger partial charge in [-0.3, -0.25) is 4.79 Å². The fourth-order valence-electron chi connectivity index (χ4n) is 0.322. The minimum Gasteiger partial charge on any atom is -0.481 e. The van der Waals surface area contributed by atoms with E-state index in [-0.39, 0.29) is 0 Å². The molecule has 6 heteroatoms. The Labute approximate surface area is 60.4 Å². The first kappa shape index (κ1) is 9.61. The van der Waals surface area contributed by atoms with Gasteiger partial charge in [-0.2, -0.15) is 25.8 Å². The summed E-state index contributed by atoms with van der Waals surface area (Å²) in [6, 6.07) is 0. The molecule has 0 saturated heterocycles. The molecule has 2 nitrogen and oxygen atoms in total. The van der Waals surface area contributed by atoms with Crippen molar-refractivity contribution < 1.29 is 23.1 Å². The Hall–Kier alpha value is -0.390. The molecule has 0 aliphatic carbocycles. The number of hydrogen-bond donors (Lipinski definition) is 2. The van der Waals surface area contributed by atoms with E-state index < -0.39 is 23.8 Å². The molecule has 0 aromatic carbocycles. The number of aliphatic carboxylic acids is 1. The number of carboxylic acid groups (broad SMARTS) is 1. The maximum atomic E-state index is 11.5. The highest BCUT2D eigenvalue weighted by atomic mass is 32.1. The molecular formula is C4H5F3O2S. The summed E-state index contributed by atoms with van der Waals surface area (Å²) in [5.41, 5.74) is 0. The number of halogens is 3. The lowest BCUT2D eigenvalue weighted by atomic mass is 10.2. The van der Waals surface area contributed by atoms with E-state index in [4.69, 9.17) is 5.11 Å². The third kappa shape index (κ3) is 2.47. The molecule has 0 aliphatic heterocycles. The van der Waals surface area contributed by atoms with Gasteiger partial charge in [-0.25, -0.2) is 0 Å². The van der Waals surface area contributed by atoms with E-state index in [1.807, 2.05) is 0 Å². The highest BCUT2D eigenvalue weighted by Gasteiger charge is 2.43. The highest BCUT2D eigenvalue weighted by molar-refractivity contribution is 7.80. The molecule has 0 aromatic heterocycles. The molecule has 10 heavy (non-hydrogen) atoms. The fourth-order valence-corrected chi connectivity index (χ4v) is 0.685. The van der Waals surface area contributed by atoms with Gasteiger partial charge in [0.05, 0.1) is 0 Å². The van der Waals surface area contributed by atoms with Gasteiger partial charge in [-0.15, -0.1) is 0 Å². The van der Waals surface area contributed by atoms with Gasteiger partial charge in [-0.05, 0) is 0 Å². The minimum absolute atomic E-state index is 0.723. The lowest BCUT2D eigenvalue weighted by Gasteiger charge is -2.12. The number of carbonyl (C=O) groups is 1. The second-order valence-corrected chi connectivity index (χ2v) is 1.98. The van der Waals surface area contributed by atoms with E-state index in [2.05, 4.69) is 12.6 Å². The third-order valence-electron chi connectivity index (χ3n) is 0.876. The molecule has 1 unspecified atom stereocenters. The number of rotatable bonds is 2. The van der Waals surface area contributed by atoms with Crippen molar-refractivity contribution >= 4 is 18.6 Å². The summed E-state index contributed by atoms with van der Waals surface area (Å²) in [5.74, 6) is -4.96. The van der Waals surface area contributed by atoms with Gasteiger partial charge < -0.3 is 5.11 Å². The second kappa shape index (κ2) is 3.14. The van der Waals surface area contributed by atoms with Crippen LogP contribution >= 0.6 is 12.6 Å². The maximum absolute atomic E-state index is 11.5. The molecule has 1 N–H and O–H groups in total. The Morgan fingerprint density at radius 2 is 2.00 bits per heavy atom. The van der Waals surface area contributed by atoms with Crippen molar-refractivity contribution in [2.75, 3.05) is 5.75 Å². The van der Waals surface area contributed by atoms with Gasteiger partial charge in [0.2, 0.25) is 0 Å². The molecule has 0 spiro atoms. The van der Waals surface area contributed by atoms with E-state index in [1.54, 1.807) is 0 Å². The summed E-state index contributed by atoms with van der Waals surface area (Å²) < 4.78 is 34.6. The Bertz CT molecular complexity index is 133. The quantitative estimate of drug-likeness (QED) is 0.617. The lowest BCUT2D eigenvalue weighted by Crippen LogP contribution is -2.31. The van der Waals surface area contributed by atoms with Crippen molar-refractivity contribution in [3.63, 3.8) is 0 Å². The second-order valence-electron chi connectivity index (χ2n) is 1.62. The molecule has 0 amide bonds. The van der Waals surface area contributed by atoms with Crippen LogP contribution in [0.15, 0.2) is 0 Å². The SMILES string of the molecule is O=C(O)C(CS)C(F)(F)F. The van der Waals surface area contributed by atoms with Crippen LogP contribution in [0.3, 0.4) is 0 Å². The van der Waals surface area contributed by atoms with Crippen LogP contribution < -0.4 is 0 Å². The summed E-state index contributed by atoms with van der Waals surface area (Å²) >= 11 is 3.25. The summed E-state index contributed by atoms with van der Waals surface area (Å²) in [6.07, 6.45) is -4.69. The molecule has 0 aliphatic rings. The molecule has 1 atom stereocenters. The predicted octanol–water partition coefficient (Wildman–Crippen LogP) is 1.18. The van der Waals surface area contributed by atoms with Crippen LogP contribution in [0.1, 0.15) is 0 Å². The minimum atomic E-state index is -4.69. The lowest BCUT2D eigenvalue weighted by molar-refractivity contribution is -0.188. The van der Waals surface area contributed by atoms with Crippen LogP contribution in [0.5, 0.6) is 0 Å². The van der Waals surface area contributed by atoms with E-state index in [1.165, 1.54) is 0 Å². The zero-order valence-corrected chi connectivity index (χ0v) is 5.62. The first-order chi connectivity index (χ1) is 4.39. The van der Waals surface area contributed by atoms with Crippen molar-refractivity contribution in [2.45, 2.75) is 6.18 Å².